The maximum Gasteiger partial charge on any atom is 0.121 e. The molecule has 17 heavy (non-hydrogen) atoms. The van der Waals surface area contributed by atoms with Crippen LogP contribution in [0.4, 0.5) is 0 Å². The van der Waals surface area contributed by atoms with Crippen LogP contribution in [0.2, 0.25) is 0 Å². The van der Waals surface area contributed by atoms with Crippen molar-refractivity contribution in [3.05, 3.63) is 29.3 Å². The normalized spacial score (nSPS) is 19.0. The van der Waals surface area contributed by atoms with Crippen LogP contribution >= 0.6 is 0 Å². The molecule has 1 aromatic carbocycles. The van der Waals surface area contributed by atoms with Crippen LogP contribution in [0, 0.1) is 6.92 Å². The molecule has 0 aromatic heterocycles. The van der Waals surface area contributed by atoms with Crippen LogP contribution in [0.5, 0.6) is 5.75 Å². The Balaban J connectivity index is 2.10. The molecule has 1 saturated heterocycles. The second-order valence-electron chi connectivity index (χ2n) is 4.82. The third-order valence-electron chi connectivity index (χ3n) is 3.42. The van der Waals surface area contributed by atoms with Gasteiger partial charge in [-0.2, -0.15) is 0 Å². The Morgan fingerprint density at radius 1 is 1.35 bits per heavy atom. The van der Waals surface area contributed by atoms with Gasteiger partial charge in [0.15, 0.2) is 0 Å². The summed E-state index contributed by atoms with van der Waals surface area (Å²) in [5.74, 6) is 0.896. The van der Waals surface area contributed by atoms with Crippen molar-refractivity contribution in [2.75, 3.05) is 20.3 Å². The molecule has 2 rings (SSSR count). The minimum Gasteiger partial charge on any atom is -0.496 e. The Morgan fingerprint density at radius 3 is 2.65 bits per heavy atom. The summed E-state index contributed by atoms with van der Waals surface area (Å²) >= 11 is 0. The van der Waals surface area contributed by atoms with Crippen LogP contribution in [0.3, 0.4) is 0 Å². The van der Waals surface area contributed by atoms with E-state index in [-0.39, 0.29) is 0 Å². The van der Waals surface area contributed by atoms with E-state index in [1.165, 1.54) is 0 Å². The van der Waals surface area contributed by atoms with Gasteiger partial charge < -0.3 is 14.6 Å². The van der Waals surface area contributed by atoms with E-state index in [0.717, 1.165) is 29.7 Å². The van der Waals surface area contributed by atoms with Crippen molar-refractivity contribution in [2.24, 2.45) is 0 Å². The van der Waals surface area contributed by atoms with E-state index >= 15 is 0 Å². The van der Waals surface area contributed by atoms with Crippen molar-refractivity contribution in [3.63, 3.8) is 0 Å². The minimum atomic E-state index is -0.598. The van der Waals surface area contributed by atoms with E-state index in [2.05, 4.69) is 6.07 Å². The summed E-state index contributed by atoms with van der Waals surface area (Å²) in [5.41, 5.74) is 1.67. The van der Waals surface area contributed by atoms with Gasteiger partial charge in [0.1, 0.15) is 5.75 Å². The Bertz CT molecular complexity index is 381. The van der Waals surface area contributed by atoms with E-state index in [0.29, 0.717) is 19.6 Å². The Hall–Kier alpha value is -1.06. The number of rotatable bonds is 3. The zero-order valence-electron chi connectivity index (χ0n) is 10.5. The van der Waals surface area contributed by atoms with Crippen molar-refractivity contribution in [1.29, 1.82) is 0 Å². The molecular weight excluding hydrogens is 216 g/mol. The van der Waals surface area contributed by atoms with Gasteiger partial charge in [-0.25, -0.2) is 0 Å². The van der Waals surface area contributed by atoms with Gasteiger partial charge in [-0.15, -0.1) is 0 Å². The Labute approximate surface area is 102 Å². The molecule has 0 radical (unpaired) electrons. The predicted molar refractivity (Wildman–Crippen MR) is 66.4 cm³/mol. The fraction of sp³-hybridized carbons (Fsp3) is 0.571. The average molecular weight is 236 g/mol. The molecule has 1 aromatic rings. The molecular formula is C14H20O3. The van der Waals surface area contributed by atoms with Crippen LogP contribution in [0.15, 0.2) is 18.2 Å². The average Bonchev–Trinajstić information content (AvgIpc) is 2.29. The lowest BCUT2D eigenvalue weighted by molar-refractivity contribution is -0.0625. The lowest BCUT2D eigenvalue weighted by Crippen LogP contribution is -2.38. The lowest BCUT2D eigenvalue weighted by atomic mass is 9.87. The molecule has 1 N–H and O–H groups in total. The molecule has 1 aliphatic rings. The number of ether oxygens (including phenoxy) is 2. The molecule has 1 fully saturated rings. The van der Waals surface area contributed by atoms with Crippen LogP contribution in [0.1, 0.15) is 24.0 Å². The molecule has 3 nitrogen and oxygen atoms in total. The van der Waals surface area contributed by atoms with Gasteiger partial charge >= 0.3 is 0 Å². The number of aryl methyl sites for hydroxylation is 1. The summed E-state index contributed by atoms with van der Waals surface area (Å²) < 4.78 is 10.5. The van der Waals surface area contributed by atoms with Gasteiger partial charge in [-0.1, -0.05) is 12.1 Å². The summed E-state index contributed by atoms with van der Waals surface area (Å²) in [7, 11) is 1.67. The monoisotopic (exact) mass is 236 g/mol. The first-order valence-corrected chi connectivity index (χ1v) is 6.07. The van der Waals surface area contributed by atoms with Crippen LogP contribution in [-0.2, 0) is 11.2 Å². The molecule has 1 aliphatic heterocycles. The van der Waals surface area contributed by atoms with Crippen LogP contribution < -0.4 is 4.74 Å². The molecule has 0 bridgehead atoms. The summed E-state index contributed by atoms with van der Waals surface area (Å²) in [5, 5.41) is 10.4. The van der Waals surface area contributed by atoms with Crippen molar-refractivity contribution in [2.45, 2.75) is 31.8 Å². The number of benzene rings is 1. The van der Waals surface area contributed by atoms with Gasteiger partial charge in [-0.05, 0) is 37.0 Å². The Kier molecular flexibility index (Phi) is 3.69. The standard InChI is InChI=1S/C14H20O3/c1-11-9-12(3-4-13(11)16-2)10-14(15)5-7-17-8-6-14/h3-4,9,15H,5-8,10H2,1-2H3. The summed E-state index contributed by atoms with van der Waals surface area (Å²) in [6.45, 7) is 3.34. The molecule has 94 valence electrons. The van der Waals surface area contributed by atoms with Crippen LogP contribution in [-0.4, -0.2) is 31.0 Å². The highest BCUT2D eigenvalue weighted by atomic mass is 16.5. The highest BCUT2D eigenvalue weighted by molar-refractivity contribution is 5.36. The summed E-state index contributed by atoms with van der Waals surface area (Å²) in [6, 6.07) is 6.08. The molecule has 3 heteroatoms. The highest BCUT2D eigenvalue weighted by Gasteiger charge is 2.29. The van der Waals surface area contributed by atoms with Gasteiger partial charge in [-0.3, -0.25) is 0 Å². The van der Waals surface area contributed by atoms with Crippen molar-refractivity contribution in [1.82, 2.24) is 0 Å². The van der Waals surface area contributed by atoms with Crippen molar-refractivity contribution < 1.29 is 14.6 Å². The first-order chi connectivity index (χ1) is 8.13. The predicted octanol–water partition coefficient (Wildman–Crippen LogP) is 2.09. The van der Waals surface area contributed by atoms with E-state index in [9.17, 15) is 5.11 Å². The zero-order chi connectivity index (χ0) is 12.3. The maximum atomic E-state index is 10.4. The summed E-state index contributed by atoms with van der Waals surface area (Å²) in [4.78, 5) is 0. The molecule has 1 heterocycles. The molecule has 0 atom stereocenters. The SMILES string of the molecule is COc1ccc(CC2(O)CCOCC2)cc1C. The smallest absolute Gasteiger partial charge is 0.121 e. The fourth-order valence-corrected chi connectivity index (χ4v) is 2.36. The number of hydrogen-bond donors (Lipinski definition) is 1. The zero-order valence-corrected chi connectivity index (χ0v) is 10.5. The lowest BCUT2D eigenvalue weighted by Gasteiger charge is -2.32. The molecule has 0 aliphatic carbocycles. The van der Waals surface area contributed by atoms with E-state index in [4.69, 9.17) is 9.47 Å². The van der Waals surface area contributed by atoms with E-state index in [1.54, 1.807) is 7.11 Å². The van der Waals surface area contributed by atoms with Gasteiger partial charge in [0.05, 0.1) is 12.7 Å². The van der Waals surface area contributed by atoms with Gasteiger partial charge in [0.2, 0.25) is 0 Å². The number of hydrogen-bond acceptors (Lipinski definition) is 3. The van der Waals surface area contributed by atoms with Crippen molar-refractivity contribution >= 4 is 0 Å². The highest BCUT2D eigenvalue weighted by Crippen LogP contribution is 2.27. The van der Waals surface area contributed by atoms with Gasteiger partial charge in [0.25, 0.3) is 0 Å². The second kappa shape index (κ2) is 5.07. The number of methoxy groups -OCH3 is 1. The van der Waals surface area contributed by atoms with E-state index < -0.39 is 5.60 Å². The Morgan fingerprint density at radius 2 is 2.06 bits per heavy atom. The largest absolute Gasteiger partial charge is 0.496 e. The third kappa shape index (κ3) is 2.99. The first kappa shape index (κ1) is 12.4. The van der Waals surface area contributed by atoms with Gasteiger partial charge in [0, 0.05) is 19.6 Å². The number of aliphatic hydroxyl groups is 1. The molecule has 0 spiro atoms. The molecule has 0 unspecified atom stereocenters. The minimum absolute atomic E-state index is 0.598. The molecule has 0 amide bonds. The first-order valence-electron chi connectivity index (χ1n) is 6.07. The third-order valence-corrected chi connectivity index (χ3v) is 3.42. The fourth-order valence-electron chi connectivity index (χ4n) is 2.36. The van der Waals surface area contributed by atoms with E-state index in [1.807, 2.05) is 19.1 Å². The maximum absolute atomic E-state index is 10.4. The summed E-state index contributed by atoms with van der Waals surface area (Å²) in [6.07, 6.45) is 2.14. The second-order valence-corrected chi connectivity index (χ2v) is 4.82. The quantitative estimate of drug-likeness (QED) is 0.873. The van der Waals surface area contributed by atoms with Crippen molar-refractivity contribution in [3.8, 4) is 5.75 Å². The van der Waals surface area contributed by atoms with Crippen LogP contribution in [0.25, 0.3) is 0 Å². The molecule has 0 saturated carbocycles. The topological polar surface area (TPSA) is 38.7 Å².